The van der Waals surface area contributed by atoms with Gasteiger partial charge in [0, 0.05) is 16.8 Å². The summed E-state index contributed by atoms with van der Waals surface area (Å²) in [6.07, 6.45) is 0. The molecule has 0 aliphatic rings. The third kappa shape index (κ3) is 2.98. The van der Waals surface area contributed by atoms with Gasteiger partial charge in [-0.2, -0.15) is 0 Å². The predicted molar refractivity (Wildman–Crippen MR) is 62.2 cm³/mol. The summed E-state index contributed by atoms with van der Waals surface area (Å²) in [5.41, 5.74) is 0.721. The van der Waals surface area contributed by atoms with Gasteiger partial charge >= 0.3 is 5.97 Å². The van der Waals surface area contributed by atoms with Crippen LogP contribution in [0.5, 0.6) is 0 Å². The number of rotatable bonds is 4. The van der Waals surface area contributed by atoms with E-state index < -0.39 is 5.97 Å². The van der Waals surface area contributed by atoms with Crippen molar-refractivity contribution in [3.63, 3.8) is 0 Å². The number of aromatic carboxylic acids is 1. The number of anilines is 1. The molecule has 1 aromatic heterocycles. The number of carboxylic acid groups (broad SMARTS) is 1. The summed E-state index contributed by atoms with van der Waals surface area (Å²) in [4.78, 5) is 10.6. The molecule has 0 saturated heterocycles. The first-order valence-electron chi connectivity index (χ1n) is 4.83. The van der Waals surface area contributed by atoms with Gasteiger partial charge in [0.2, 0.25) is 0 Å². The molecular weight excluding hydrogens is 244 g/mol. The van der Waals surface area contributed by atoms with Crippen molar-refractivity contribution in [3.05, 3.63) is 46.8 Å². The van der Waals surface area contributed by atoms with E-state index in [0.717, 1.165) is 5.69 Å². The van der Waals surface area contributed by atoms with Crippen molar-refractivity contribution in [2.75, 3.05) is 5.32 Å². The van der Waals surface area contributed by atoms with Gasteiger partial charge in [0.1, 0.15) is 0 Å². The molecule has 0 amide bonds. The van der Waals surface area contributed by atoms with Crippen LogP contribution in [0.4, 0.5) is 5.69 Å². The Labute approximate surface area is 102 Å². The van der Waals surface area contributed by atoms with Crippen LogP contribution in [-0.4, -0.2) is 16.2 Å². The van der Waals surface area contributed by atoms with E-state index in [0.29, 0.717) is 17.3 Å². The molecule has 6 heteroatoms. The minimum absolute atomic E-state index is 0.104. The number of aromatic nitrogens is 1. The first-order chi connectivity index (χ1) is 8.15. The van der Waals surface area contributed by atoms with E-state index >= 15 is 0 Å². The Morgan fingerprint density at radius 2 is 2.29 bits per heavy atom. The van der Waals surface area contributed by atoms with Crippen molar-refractivity contribution in [1.29, 1.82) is 0 Å². The summed E-state index contributed by atoms with van der Waals surface area (Å²) in [7, 11) is 0. The maximum atomic E-state index is 10.6. The van der Waals surface area contributed by atoms with Crippen molar-refractivity contribution in [2.24, 2.45) is 0 Å². The minimum Gasteiger partial charge on any atom is -0.476 e. The summed E-state index contributed by atoms with van der Waals surface area (Å²) < 4.78 is 4.85. The second-order valence-electron chi connectivity index (χ2n) is 3.35. The SMILES string of the molecule is O=C(O)c1cc(CNc2cccc(Cl)c2)on1. The Kier molecular flexibility index (Phi) is 3.30. The number of hydrogen-bond acceptors (Lipinski definition) is 4. The van der Waals surface area contributed by atoms with Gasteiger partial charge in [-0.3, -0.25) is 0 Å². The van der Waals surface area contributed by atoms with Crippen LogP contribution in [-0.2, 0) is 6.54 Å². The second-order valence-corrected chi connectivity index (χ2v) is 3.78. The number of halogens is 1. The van der Waals surface area contributed by atoms with E-state index in [2.05, 4.69) is 10.5 Å². The summed E-state index contributed by atoms with van der Waals surface area (Å²) >= 11 is 5.82. The van der Waals surface area contributed by atoms with Gasteiger partial charge in [0.05, 0.1) is 6.54 Å². The molecule has 0 bridgehead atoms. The molecule has 0 unspecified atom stereocenters. The number of hydrogen-bond donors (Lipinski definition) is 2. The fourth-order valence-corrected chi connectivity index (χ4v) is 1.47. The van der Waals surface area contributed by atoms with E-state index in [4.69, 9.17) is 21.2 Å². The van der Waals surface area contributed by atoms with Crippen molar-refractivity contribution in [1.82, 2.24) is 5.16 Å². The first-order valence-corrected chi connectivity index (χ1v) is 5.21. The van der Waals surface area contributed by atoms with Crippen LogP contribution in [0, 0.1) is 0 Å². The quantitative estimate of drug-likeness (QED) is 0.875. The molecule has 2 rings (SSSR count). The zero-order valence-electron chi connectivity index (χ0n) is 8.68. The smallest absolute Gasteiger partial charge is 0.358 e. The van der Waals surface area contributed by atoms with E-state index in [1.165, 1.54) is 6.07 Å². The number of benzene rings is 1. The molecular formula is C11H9ClN2O3. The Bertz CT molecular complexity index is 539. The maximum absolute atomic E-state index is 10.6. The van der Waals surface area contributed by atoms with E-state index in [-0.39, 0.29) is 5.69 Å². The maximum Gasteiger partial charge on any atom is 0.358 e. The number of nitrogens with zero attached hydrogens (tertiary/aromatic N) is 1. The number of carbonyl (C=O) groups is 1. The molecule has 0 fully saturated rings. The first kappa shape index (κ1) is 11.5. The van der Waals surface area contributed by atoms with Gasteiger partial charge in [-0.15, -0.1) is 0 Å². The standard InChI is InChI=1S/C11H9ClN2O3/c12-7-2-1-3-8(4-7)13-6-9-5-10(11(15)16)14-17-9/h1-5,13H,6H2,(H,15,16). The normalized spacial score (nSPS) is 10.2. The average molecular weight is 253 g/mol. The molecule has 0 aliphatic heterocycles. The van der Waals surface area contributed by atoms with Gasteiger partial charge in [0.25, 0.3) is 0 Å². The molecule has 0 saturated carbocycles. The van der Waals surface area contributed by atoms with E-state index in [9.17, 15) is 4.79 Å². The molecule has 2 N–H and O–H groups in total. The van der Waals surface area contributed by atoms with E-state index in [1.807, 2.05) is 12.1 Å². The highest BCUT2D eigenvalue weighted by atomic mass is 35.5. The van der Waals surface area contributed by atoms with Crippen molar-refractivity contribution >= 4 is 23.3 Å². The lowest BCUT2D eigenvalue weighted by atomic mass is 10.3. The molecule has 17 heavy (non-hydrogen) atoms. The highest BCUT2D eigenvalue weighted by molar-refractivity contribution is 6.30. The molecule has 1 aromatic carbocycles. The molecule has 88 valence electrons. The Balaban J connectivity index is 2.00. The third-order valence-corrected chi connectivity index (χ3v) is 2.30. The van der Waals surface area contributed by atoms with Crippen LogP contribution in [0.15, 0.2) is 34.9 Å². The minimum atomic E-state index is -1.11. The molecule has 0 aliphatic carbocycles. The predicted octanol–water partition coefficient (Wildman–Crippen LogP) is 2.64. The van der Waals surface area contributed by atoms with Gasteiger partial charge in [-0.1, -0.05) is 22.8 Å². The van der Waals surface area contributed by atoms with Crippen LogP contribution in [0.1, 0.15) is 16.2 Å². The third-order valence-electron chi connectivity index (χ3n) is 2.07. The van der Waals surface area contributed by atoms with Crippen LogP contribution < -0.4 is 5.32 Å². The van der Waals surface area contributed by atoms with Gasteiger partial charge in [-0.25, -0.2) is 4.79 Å². The second kappa shape index (κ2) is 4.88. The van der Waals surface area contributed by atoms with Crippen LogP contribution >= 0.6 is 11.6 Å². The Hall–Kier alpha value is -2.01. The number of carboxylic acids is 1. The molecule has 2 aromatic rings. The van der Waals surface area contributed by atoms with Crippen molar-refractivity contribution in [2.45, 2.75) is 6.54 Å². The zero-order chi connectivity index (χ0) is 12.3. The fourth-order valence-electron chi connectivity index (χ4n) is 1.28. The molecule has 5 nitrogen and oxygen atoms in total. The summed E-state index contributed by atoms with van der Waals surface area (Å²) in [5.74, 6) is -0.662. The number of nitrogens with one attached hydrogen (secondary N) is 1. The van der Waals surface area contributed by atoms with Crippen LogP contribution in [0.2, 0.25) is 5.02 Å². The Morgan fingerprint density at radius 1 is 1.47 bits per heavy atom. The monoisotopic (exact) mass is 252 g/mol. The van der Waals surface area contributed by atoms with Gasteiger partial charge in [-0.05, 0) is 18.2 Å². The summed E-state index contributed by atoms with van der Waals surface area (Å²) in [5, 5.41) is 15.7. The molecule has 1 heterocycles. The lowest BCUT2D eigenvalue weighted by molar-refractivity contribution is 0.0685. The Morgan fingerprint density at radius 3 is 2.94 bits per heavy atom. The zero-order valence-corrected chi connectivity index (χ0v) is 9.44. The lowest BCUT2D eigenvalue weighted by Crippen LogP contribution is -1.98. The molecule has 0 spiro atoms. The largest absolute Gasteiger partial charge is 0.476 e. The summed E-state index contributed by atoms with van der Waals surface area (Å²) in [6.45, 7) is 0.348. The average Bonchev–Trinajstić information content (AvgIpc) is 2.75. The highest BCUT2D eigenvalue weighted by Crippen LogP contribution is 2.16. The fraction of sp³-hybridized carbons (Fsp3) is 0.0909. The summed E-state index contributed by atoms with van der Waals surface area (Å²) in [6, 6.07) is 8.56. The highest BCUT2D eigenvalue weighted by Gasteiger charge is 2.10. The van der Waals surface area contributed by atoms with Crippen molar-refractivity contribution in [3.8, 4) is 0 Å². The molecule has 0 atom stereocenters. The van der Waals surface area contributed by atoms with Crippen LogP contribution in [0.25, 0.3) is 0 Å². The van der Waals surface area contributed by atoms with E-state index in [1.54, 1.807) is 12.1 Å². The topological polar surface area (TPSA) is 75.4 Å². The van der Waals surface area contributed by atoms with Gasteiger partial charge < -0.3 is 14.9 Å². The van der Waals surface area contributed by atoms with Crippen LogP contribution in [0.3, 0.4) is 0 Å². The molecule has 0 radical (unpaired) electrons. The van der Waals surface area contributed by atoms with Crippen molar-refractivity contribution < 1.29 is 14.4 Å². The van der Waals surface area contributed by atoms with Gasteiger partial charge in [0.15, 0.2) is 11.5 Å². The lowest BCUT2D eigenvalue weighted by Gasteiger charge is -2.03.